The number of anilines is 1. The number of benzene rings is 1. The van der Waals surface area contributed by atoms with Gasteiger partial charge in [0.1, 0.15) is 17.4 Å². The first-order chi connectivity index (χ1) is 17.8. The summed E-state index contributed by atoms with van der Waals surface area (Å²) in [6, 6.07) is 10.1. The summed E-state index contributed by atoms with van der Waals surface area (Å²) in [5.74, 6) is 0.467. The molecule has 0 unspecified atom stereocenters. The Morgan fingerprint density at radius 1 is 1.08 bits per heavy atom. The van der Waals surface area contributed by atoms with Gasteiger partial charge in [-0.1, -0.05) is 18.2 Å². The molecule has 0 atom stereocenters. The third kappa shape index (κ3) is 4.77. The summed E-state index contributed by atoms with van der Waals surface area (Å²) in [6.07, 6.45) is 8.82. The highest BCUT2D eigenvalue weighted by molar-refractivity contribution is 9.10. The molecule has 2 N–H and O–H groups in total. The fraction of sp³-hybridized carbons (Fsp3) is 0.407. The summed E-state index contributed by atoms with van der Waals surface area (Å²) < 4.78 is 26.8. The van der Waals surface area contributed by atoms with Crippen LogP contribution >= 0.6 is 15.9 Å². The lowest BCUT2D eigenvalue weighted by Gasteiger charge is -2.28. The molecular weight excluding hydrogens is 554 g/mol. The van der Waals surface area contributed by atoms with Crippen LogP contribution in [0.5, 0.6) is 0 Å². The van der Waals surface area contributed by atoms with Crippen LogP contribution in [-0.2, 0) is 14.6 Å². The fourth-order valence-electron chi connectivity index (χ4n) is 5.50. The Hall–Kier alpha value is -2.85. The van der Waals surface area contributed by atoms with Crippen LogP contribution in [0.25, 0.3) is 27.7 Å². The van der Waals surface area contributed by atoms with Crippen LogP contribution in [0, 0.1) is 5.92 Å². The van der Waals surface area contributed by atoms with Crippen LogP contribution in [0.3, 0.4) is 0 Å². The first-order valence-corrected chi connectivity index (χ1v) is 15.2. The SMILES string of the molecule is Nc1c(Br)c(C2CCC(CC(=O)CS(=O)(=O)C3CC3)CC2)nc2c(-c3cnc4ccccc4c3)cnn12. The summed E-state index contributed by atoms with van der Waals surface area (Å²) in [5.41, 5.74) is 10.8. The third-order valence-corrected chi connectivity index (χ3v) is 10.7. The van der Waals surface area contributed by atoms with Crippen molar-refractivity contribution in [3.05, 3.63) is 52.9 Å². The zero-order valence-corrected chi connectivity index (χ0v) is 22.7. The van der Waals surface area contributed by atoms with Gasteiger partial charge in [0.2, 0.25) is 0 Å². The molecule has 8 nitrogen and oxygen atoms in total. The quantitative estimate of drug-likeness (QED) is 0.322. The Morgan fingerprint density at radius 2 is 1.84 bits per heavy atom. The molecule has 0 amide bonds. The minimum Gasteiger partial charge on any atom is -0.383 e. The molecule has 2 aliphatic rings. The molecule has 4 aromatic rings. The van der Waals surface area contributed by atoms with Crippen molar-refractivity contribution >= 4 is 53.9 Å². The van der Waals surface area contributed by atoms with Gasteiger partial charge in [-0.3, -0.25) is 9.78 Å². The van der Waals surface area contributed by atoms with Crippen molar-refractivity contribution in [3.8, 4) is 11.1 Å². The summed E-state index contributed by atoms with van der Waals surface area (Å²) in [7, 11) is -3.25. The number of rotatable bonds is 7. The summed E-state index contributed by atoms with van der Waals surface area (Å²) in [6.45, 7) is 0. The number of carbonyl (C=O) groups excluding carboxylic acids is 1. The van der Waals surface area contributed by atoms with E-state index >= 15 is 0 Å². The number of ketones is 1. The number of sulfone groups is 1. The van der Waals surface area contributed by atoms with Crippen LogP contribution in [0.4, 0.5) is 5.82 Å². The van der Waals surface area contributed by atoms with Gasteiger partial charge < -0.3 is 5.73 Å². The Bertz CT molecular complexity index is 1620. The normalized spacial score (nSPS) is 20.5. The number of pyridine rings is 1. The third-order valence-electron chi connectivity index (χ3n) is 7.69. The lowest BCUT2D eigenvalue weighted by atomic mass is 9.78. The molecule has 3 aromatic heterocycles. The molecule has 0 aliphatic heterocycles. The van der Waals surface area contributed by atoms with Crippen molar-refractivity contribution in [2.24, 2.45) is 5.92 Å². The van der Waals surface area contributed by atoms with E-state index in [-0.39, 0.29) is 28.6 Å². The van der Waals surface area contributed by atoms with Gasteiger partial charge in [-0.15, -0.1) is 0 Å². The maximum absolute atomic E-state index is 12.4. The number of Topliss-reactive ketones (excluding diaryl/α,β-unsaturated/α-hetero) is 1. The smallest absolute Gasteiger partial charge is 0.165 e. The second-order valence-electron chi connectivity index (χ2n) is 10.4. The van der Waals surface area contributed by atoms with Gasteiger partial charge in [0.25, 0.3) is 0 Å². The lowest BCUT2D eigenvalue weighted by Crippen LogP contribution is -2.24. The van der Waals surface area contributed by atoms with Crippen molar-refractivity contribution < 1.29 is 13.2 Å². The van der Waals surface area contributed by atoms with Crippen molar-refractivity contribution in [1.29, 1.82) is 0 Å². The molecule has 2 aliphatic carbocycles. The number of nitrogens with zero attached hydrogens (tertiary/aromatic N) is 4. The number of halogens is 1. The highest BCUT2D eigenvalue weighted by Crippen LogP contribution is 2.41. The minimum atomic E-state index is -3.25. The van der Waals surface area contributed by atoms with E-state index in [1.807, 2.05) is 30.5 Å². The lowest BCUT2D eigenvalue weighted by molar-refractivity contribution is -0.117. The van der Waals surface area contributed by atoms with E-state index in [1.165, 1.54) is 0 Å². The van der Waals surface area contributed by atoms with Gasteiger partial charge >= 0.3 is 0 Å². The molecule has 10 heteroatoms. The summed E-state index contributed by atoms with van der Waals surface area (Å²) >= 11 is 3.66. The predicted octanol–water partition coefficient (Wildman–Crippen LogP) is 5.10. The first kappa shape index (κ1) is 24.5. The van der Waals surface area contributed by atoms with Crippen molar-refractivity contribution in [3.63, 3.8) is 0 Å². The number of hydrogen-bond donors (Lipinski definition) is 1. The molecular formula is C27H28BrN5O3S. The number of carbonyl (C=O) groups is 1. The Balaban J connectivity index is 1.22. The first-order valence-electron chi connectivity index (χ1n) is 12.7. The van der Waals surface area contributed by atoms with Crippen LogP contribution < -0.4 is 5.73 Å². The molecule has 0 spiro atoms. The van der Waals surface area contributed by atoms with Gasteiger partial charge in [0.15, 0.2) is 15.5 Å². The Labute approximate surface area is 223 Å². The Morgan fingerprint density at radius 3 is 2.59 bits per heavy atom. The van der Waals surface area contributed by atoms with Crippen LogP contribution in [-0.4, -0.2) is 44.8 Å². The number of nitrogens with two attached hydrogens (primary N) is 1. The van der Waals surface area contributed by atoms with E-state index in [2.05, 4.69) is 32.1 Å². The molecule has 1 aromatic carbocycles. The number of aromatic nitrogens is 4. The molecule has 2 fully saturated rings. The van der Waals surface area contributed by atoms with Gasteiger partial charge in [-0.25, -0.2) is 13.4 Å². The molecule has 0 bridgehead atoms. The number of fused-ring (bicyclic) bond motifs is 2. The predicted molar refractivity (Wildman–Crippen MR) is 147 cm³/mol. The summed E-state index contributed by atoms with van der Waals surface area (Å²) in [5, 5.41) is 5.26. The zero-order chi connectivity index (χ0) is 25.7. The standard InChI is InChI=1S/C27H28BrN5O3S/c28-24-25(17-7-5-16(6-8-17)11-20(34)15-37(35,36)21-9-10-21)32-27-22(14-31-33(27)26(24)29)19-12-18-3-1-2-4-23(18)30-13-19/h1-4,12-14,16-17,21H,5-11,15,29H2. The van der Waals surface area contributed by atoms with Crippen molar-refractivity contribution in [2.75, 3.05) is 11.5 Å². The molecule has 3 heterocycles. The van der Waals surface area contributed by atoms with E-state index in [0.717, 1.165) is 57.9 Å². The van der Waals surface area contributed by atoms with Crippen LogP contribution in [0.2, 0.25) is 0 Å². The molecule has 37 heavy (non-hydrogen) atoms. The fourth-order valence-corrected chi connectivity index (χ4v) is 7.73. The second-order valence-corrected chi connectivity index (χ2v) is 13.4. The monoisotopic (exact) mass is 581 g/mol. The van der Waals surface area contributed by atoms with Crippen LogP contribution in [0.1, 0.15) is 56.6 Å². The van der Waals surface area contributed by atoms with Gasteiger partial charge in [0, 0.05) is 35.0 Å². The summed E-state index contributed by atoms with van der Waals surface area (Å²) in [4.78, 5) is 22.1. The number of para-hydroxylation sites is 1. The minimum absolute atomic E-state index is 0.145. The van der Waals surface area contributed by atoms with Gasteiger partial charge in [0.05, 0.1) is 27.1 Å². The maximum Gasteiger partial charge on any atom is 0.165 e. The van der Waals surface area contributed by atoms with Crippen molar-refractivity contribution in [2.45, 2.75) is 56.1 Å². The number of hydrogen-bond acceptors (Lipinski definition) is 7. The average Bonchev–Trinajstić information content (AvgIpc) is 3.67. The van der Waals surface area contributed by atoms with Gasteiger partial charge in [-0.05, 0) is 72.5 Å². The maximum atomic E-state index is 12.4. The number of nitrogen functional groups attached to an aromatic ring is 1. The molecule has 2 saturated carbocycles. The highest BCUT2D eigenvalue weighted by Gasteiger charge is 2.37. The molecule has 0 radical (unpaired) electrons. The molecule has 192 valence electrons. The zero-order valence-electron chi connectivity index (χ0n) is 20.3. The van der Waals surface area contributed by atoms with E-state index in [9.17, 15) is 13.2 Å². The van der Waals surface area contributed by atoms with E-state index in [4.69, 9.17) is 10.7 Å². The highest BCUT2D eigenvalue weighted by atomic mass is 79.9. The molecule has 6 rings (SSSR count). The van der Waals surface area contributed by atoms with E-state index in [0.29, 0.717) is 30.7 Å². The Kier molecular flexibility index (Phi) is 6.27. The molecule has 0 saturated heterocycles. The second kappa shape index (κ2) is 9.47. The van der Waals surface area contributed by atoms with Crippen molar-refractivity contribution in [1.82, 2.24) is 19.6 Å². The van der Waals surface area contributed by atoms with E-state index in [1.54, 1.807) is 10.7 Å². The average molecular weight is 583 g/mol. The van der Waals surface area contributed by atoms with Crippen LogP contribution in [0.15, 0.2) is 47.2 Å². The topological polar surface area (TPSA) is 120 Å². The van der Waals surface area contributed by atoms with E-state index < -0.39 is 9.84 Å². The largest absolute Gasteiger partial charge is 0.383 e. The van der Waals surface area contributed by atoms with Gasteiger partial charge in [-0.2, -0.15) is 9.61 Å².